The number of hydrogen-bond acceptors (Lipinski definition) is 3. The quantitative estimate of drug-likeness (QED) is 0.837. The summed E-state index contributed by atoms with van der Waals surface area (Å²) in [5, 5.41) is 4.39. The molecule has 0 aromatic carbocycles. The Hall–Kier alpha value is -1.68. The van der Waals surface area contributed by atoms with Gasteiger partial charge in [0.25, 0.3) is 0 Å². The second-order valence-corrected chi connectivity index (χ2v) is 5.69. The third kappa shape index (κ3) is 2.61. The van der Waals surface area contributed by atoms with E-state index in [9.17, 15) is 0 Å². The molecule has 1 aliphatic heterocycles. The Bertz CT molecular complexity index is 608. The van der Waals surface area contributed by atoms with E-state index in [0.29, 0.717) is 0 Å². The number of rotatable bonds is 5. The average Bonchev–Trinajstić information content (AvgIpc) is 3.07. The van der Waals surface area contributed by atoms with Crippen LogP contribution in [0.5, 0.6) is 0 Å². The number of fused-ring (bicyclic) bond motifs is 1. The maximum atomic E-state index is 4.39. The third-order valence-electron chi connectivity index (χ3n) is 4.08. The number of allylic oxidation sites excluding steroid dienone is 1. The number of aryl methyl sites for hydroxylation is 1. The molecule has 0 unspecified atom stereocenters. The van der Waals surface area contributed by atoms with Crippen LogP contribution < -0.4 is 0 Å². The number of aromatic nitrogens is 3. The van der Waals surface area contributed by atoms with Crippen LogP contribution in [-0.2, 0) is 6.42 Å². The molecule has 0 radical (unpaired) electrons. The Morgan fingerprint density at radius 2 is 2.15 bits per heavy atom. The summed E-state index contributed by atoms with van der Waals surface area (Å²) in [6.45, 7) is 9.83. The van der Waals surface area contributed by atoms with Gasteiger partial charge in [-0.1, -0.05) is 6.58 Å². The fourth-order valence-electron chi connectivity index (χ4n) is 3.03. The SMILES string of the molecule is C=C(C)c1cc(CCCN2CCCC2)n2ncncc12. The molecule has 0 amide bonds. The molecule has 0 bridgehead atoms. The Balaban J connectivity index is 1.75. The molecule has 3 heterocycles. The topological polar surface area (TPSA) is 33.4 Å². The Morgan fingerprint density at radius 1 is 1.35 bits per heavy atom. The van der Waals surface area contributed by atoms with Crippen molar-refractivity contribution >= 4 is 11.1 Å². The molecular weight excluding hydrogens is 248 g/mol. The largest absolute Gasteiger partial charge is 0.303 e. The van der Waals surface area contributed by atoms with E-state index in [-0.39, 0.29) is 0 Å². The van der Waals surface area contributed by atoms with E-state index in [4.69, 9.17) is 0 Å². The monoisotopic (exact) mass is 270 g/mol. The predicted molar refractivity (Wildman–Crippen MR) is 81.7 cm³/mol. The first kappa shape index (κ1) is 13.3. The van der Waals surface area contributed by atoms with Gasteiger partial charge in [0.05, 0.1) is 11.7 Å². The normalized spacial score (nSPS) is 16.1. The van der Waals surface area contributed by atoms with Crippen molar-refractivity contribution in [2.75, 3.05) is 19.6 Å². The highest BCUT2D eigenvalue weighted by atomic mass is 15.2. The number of hydrogen-bond donors (Lipinski definition) is 0. The van der Waals surface area contributed by atoms with Gasteiger partial charge in [0.1, 0.15) is 6.33 Å². The molecule has 0 atom stereocenters. The molecule has 1 fully saturated rings. The van der Waals surface area contributed by atoms with Gasteiger partial charge in [0.2, 0.25) is 0 Å². The zero-order valence-electron chi connectivity index (χ0n) is 12.2. The van der Waals surface area contributed by atoms with Crippen LogP contribution in [0.3, 0.4) is 0 Å². The molecule has 4 nitrogen and oxygen atoms in total. The van der Waals surface area contributed by atoms with Crippen LogP contribution in [0.2, 0.25) is 0 Å². The van der Waals surface area contributed by atoms with Crippen molar-refractivity contribution in [2.24, 2.45) is 0 Å². The van der Waals surface area contributed by atoms with Crippen molar-refractivity contribution in [2.45, 2.75) is 32.6 Å². The molecule has 106 valence electrons. The first-order valence-corrected chi connectivity index (χ1v) is 7.44. The van der Waals surface area contributed by atoms with Crippen molar-refractivity contribution < 1.29 is 0 Å². The van der Waals surface area contributed by atoms with Gasteiger partial charge < -0.3 is 4.90 Å². The van der Waals surface area contributed by atoms with Crippen LogP contribution in [0.25, 0.3) is 11.1 Å². The molecule has 1 aliphatic rings. The first-order valence-electron chi connectivity index (χ1n) is 7.44. The Morgan fingerprint density at radius 3 is 2.90 bits per heavy atom. The van der Waals surface area contributed by atoms with Crippen LogP contribution in [0.15, 0.2) is 25.2 Å². The van der Waals surface area contributed by atoms with E-state index in [1.165, 1.54) is 50.2 Å². The van der Waals surface area contributed by atoms with Crippen molar-refractivity contribution in [1.82, 2.24) is 19.5 Å². The smallest absolute Gasteiger partial charge is 0.136 e. The highest BCUT2D eigenvalue weighted by Crippen LogP contribution is 2.22. The molecule has 3 rings (SSSR count). The van der Waals surface area contributed by atoms with Crippen LogP contribution in [0.1, 0.15) is 37.4 Å². The Labute approximate surface area is 120 Å². The van der Waals surface area contributed by atoms with Gasteiger partial charge >= 0.3 is 0 Å². The zero-order chi connectivity index (χ0) is 13.9. The zero-order valence-corrected chi connectivity index (χ0v) is 12.2. The summed E-state index contributed by atoms with van der Waals surface area (Å²) in [5.74, 6) is 0. The second kappa shape index (κ2) is 5.75. The maximum absolute atomic E-state index is 4.39. The molecule has 0 aliphatic carbocycles. The highest BCUT2D eigenvalue weighted by molar-refractivity contribution is 5.76. The molecule has 4 heteroatoms. The number of likely N-dealkylation sites (tertiary alicyclic amines) is 1. The molecule has 2 aromatic rings. The lowest BCUT2D eigenvalue weighted by atomic mass is 10.1. The lowest BCUT2D eigenvalue weighted by Gasteiger charge is -2.13. The molecule has 1 saturated heterocycles. The summed E-state index contributed by atoms with van der Waals surface area (Å²) in [4.78, 5) is 6.69. The lowest BCUT2D eigenvalue weighted by molar-refractivity contribution is 0.333. The van der Waals surface area contributed by atoms with Crippen molar-refractivity contribution in [3.63, 3.8) is 0 Å². The summed E-state index contributed by atoms with van der Waals surface area (Å²) in [6, 6.07) is 2.22. The van der Waals surface area contributed by atoms with Crippen LogP contribution in [0.4, 0.5) is 0 Å². The summed E-state index contributed by atoms with van der Waals surface area (Å²) < 4.78 is 2.01. The highest BCUT2D eigenvalue weighted by Gasteiger charge is 2.13. The minimum absolute atomic E-state index is 1.06. The summed E-state index contributed by atoms with van der Waals surface area (Å²) >= 11 is 0. The van der Waals surface area contributed by atoms with E-state index in [1.54, 1.807) is 6.33 Å². The van der Waals surface area contributed by atoms with Gasteiger partial charge in [0.15, 0.2) is 0 Å². The maximum Gasteiger partial charge on any atom is 0.136 e. The fraction of sp³-hybridized carbons (Fsp3) is 0.500. The standard InChI is InChI=1S/C16H22N4/c1-13(2)15-10-14(20-16(15)11-17-12-18-20)6-5-9-19-7-3-4-8-19/h10-12H,1,3-9H2,2H3. The van der Waals surface area contributed by atoms with Gasteiger partial charge in [-0.05, 0) is 63.9 Å². The summed E-state index contributed by atoms with van der Waals surface area (Å²) in [7, 11) is 0. The van der Waals surface area contributed by atoms with Crippen molar-refractivity contribution in [3.8, 4) is 0 Å². The average molecular weight is 270 g/mol. The van der Waals surface area contributed by atoms with E-state index in [0.717, 1.165) is 17.5 Å². The molecule has 0 saturated carbocycles. The van der Waals surface area contributed by atoms with E-state index < -0.39 is 0 Å². The van der Waals surface area contributed by atoms with Crippen LogP contribution in [0, 0.1) is 0 Å². The predicted octanol–water partition coefficient (Wildman–Crippen LogP) is 2.79. The van der Waals surface area contributed by atoms with Gasteiger partial charge in [0, 0.05) is 11.3 Å². The minimum atomic E-state index is 1.06. The Kier molecular flexibility index (Phi) is 3.83. The van der Waals surface area contributed by atoms with Gasteiger partial charge in [-0.3, -0.25) is 0 Å². The summed E-state index contributed by atoms with van der Waals surface area (Å²) in [6.07, 6.45) is 8.45. The lowest BCUT2D eigenvalue weighted by Crippen LogP contribution is -2.20. The van der Waals surface area contributed by atoms with Gasteiger partial charge in [-0.25, -0.2) is 9.50 Å². The fourth-order valence-corrected chi connectivity index (χ4v) is 3.03. The van der Waals surface area contributed by atoms with Crippen molar-refractivity contribution in [3.05, 3.63) is 36.4 Å². The van der Waals surface area contributed by atoms with Crippen LogP contribution >= 0.6 is 0 Å². The molecular formula is C16H22N4. The van der Waals surface area contributed by atoms with Crippen LogP contribution in [-0.4, -0.2) is 39.1 Å². The van der Waals surface area contributed by atoms with E-state index in [1.807, 2.05) is 17.6 Å². The molecule has 0 N–H and O–H groups in total. The molecule has 20 heavy (non-hydrogen) atoms. The third-order valence-corrected chi connectivity index (χ3v) is 4.08. The molecule has 0 spiro atoms. The van der Waals surface area contributed by atoms with E-state index in [2.05, 4.69) is 27.6 Å². The number of nitrogens with zero attached hydrogens (tertiary/aromatic N) is 4. The minimum Gasteiger partial charge on any atom is -0.303 e. The first-order chi connectivity index (χ1) is 9.75. The van der Waals surface area contributed by atoms with Crippen molar-refractivity contribution in [1.29, 1.82) is 0 Å². The second-order valence-electron chi connectivity index (χ2n) is 5.69. The van der Waals surface area contributed by atoms with E-state index >= 15 is 0 Å². The van der Waals surface area contributed by atoms with Gasteiger partial charge in [-0.2, -0.15) is 5.10 Å². The van der Waals surface area contributed by atoms with Gasteiger partial charge in [-0.15, -0.1) is 0 Å². The summed E-state index contributed by atoms with van der Waals surface area (Å²) in [5.41, 5.74) is 4.57. The molecule has 2 aromatic heterocycles.